The van der Waals surface area contributed by atoms with Crippen molar-refractivity contribution in [3.63, 3.8) is 0 Å². The number of hydrogen-bond donors (Lipinski definition) is 2. The highest BCUT2D eigenvalue weighted by Crippen LogP contribution is 2.16. The van der Waals surface area contributed by atoms with Crippen molar-refractivity contribution in [3.05, 3.63) is 70.5 Å². The molecule has 0 aliphatic carbocycles. The van der Waals surface area contributed by atoms with Gasteiger partial charge in [-0.3, -0.25) is 4.79 Å². The summed E-state index contributed by atoms with van der Waals surface area (Å²) in [6.07, 6.45) is 0. The first kappa shape index (κ1) is 13.2. The van der Waals surface area contributed by atoms with Gasteiger partial charge in [0.25, 0.3) is 5.56 Å². The van der Waals surface area contributed by atoms with Crippen LogP contribution in [-0.4, -0.2) is 12.1 Å². The molecule has 1 heterocycles. The van der Waals surface area contributed by atoms with Gasteiger partial charge in [0.05, 0.1) is 7.11 Å². The van der Waals surface area contributed by atoms with E-state index in [0.29, 0.717) is 17.7 Å². The first-order valence-electron chi connectivity index (χ1n) is 6.75. The van der Waals surface area contributed by atoms with E-state index in [0.717, 1.165) is 16.7 Å². The Hall–Kier alpha value is -2.75. The second-order valence-electron chi connectivity index (χ2n) is 4.80. The summed E-state index contributed by atoms with van der Waals surface area (Å²) in [6, 6.07) is 17.3. The van der Waals surface area contributed by atoms with Crippen LogP contribution < -0.4 is 15.6 Å². The lowest BCUT2D eigenvalue weighted by Gasteiger charge is -2.08. The van der Waals surface area contributed by atoms with Crippen molar-refractivity contribution < 1.29 is 4.74 Å². The van der Waals surface area contributed by atoms with Crippen LogP contribution in [0.4, 0.5) is 5.82 Å². The molecule has 0 aliphatic heterocycles. The van der Waals surface area contributed by atoms with E-state index in [1.165, 1.54) is 0 Å². The third-order valence-electron chi connectivity index (χ3n) is 3.37. The van der Waals surface area contributed by atoms with Crippen molar-refractivity contribution in [3.8, 4) is 5.75 Å². The normalized spacial score (nSPS) is 10.5. The zero-order valence-corrected chi connectivity index (χ0v) is 11.7. The van der Waals surface area contributed by atoms with Crippen molar-refractivity contribution in [2.75, 3.05) is 12.4 Å². The number of methoxy groups -OCH3 is 1. The van der Waals surface area contributed by atoms with E-state index in [1.54, 1.807) is 7.11 Å². The van der Waals surface area contributed by atoms with Gasteiger partial charge in [-0.15, -0.1) is 0 Å². The number of nitrogens with one attached hydrogen (secondary N) is 2. The third kappa shape index (κ3) is 2.89. The molecule has 106 valence electrons. The fourth-order valence-electron chi connectivity index (χ4n) is 2.29. The number of aromatic nitrogens is 1. The summed E-state index contributed by atoms with van der Waals surface area (Å²) < 4.78 is 5.20. The molecule has 0 fully saturated rings. The quantitative estimate of drug-likeness (QED) is 0.772. The number of rotatable bonds is 4. The predicted molar refractivity (Wildman–Crippen MR) is 84.9 cm³/mol. The monoisotopic (exact) mass is 280 g/mol. The van der Waals surface area contributed by atoms with Gasteiger partial charge in [-0.2, -0.15) is 0 Å². The number of hydrogen-bond acceptors (Lipinski definition) is 3. The number of ether oxygens (including phenoxy) is 1. The molecule has 3 rings (SSSR count). The molecule has 0 spiro atoms. The van der Waals surface area contributed by atoms with Gasteiger partial charge in [0.1, 0.15) is 11.6 Å². The van der Waals surface area contributed by atoms with Crippen LogP contribution in [0.5, 0.6) is 5.75 Å². The molecule has 0 saturated carbocycles. The molecular formula is C17H16N2O2. The molecule has 0 amide bonds. The average molecular weight is 280 g/mol. The Labute approximate surface area is 122 Å². The van der Waals surface area contributed by atoms with Crippen molar-refractivity contribution in [2.45, 2.75) is 6.54 Å². The van der Waals surface area contributed by atoms with E-state index < -0.39 is 0 Å². The molecule has 3 aromatic rings. The fraction of sp³-hybridized carbons (Fsp3) is 0.118. The molecule has 2 aromatic carbocycles. The largest absolute Gasteiger partial charge is 0.497 e. The Morgan fingerprint density at radius 1 is 1.10 bits per heavy atom. The van der Waals surface area contributed by atoms with Gasteiger partial charge < -0.3 is 15.0 Å². The first-order chi connectivity index (χ1) is 10.3. The molecular weight excluding hydrogens is 264 g/mol. The van der Waals surface area contributed by atoms with Crippen molar-refractivity contribution in [2.24, 2.45) is 0 Å². The topological polar surface area (TPSA) is 54.1 Å². The fourth-order valence-corrected chi connectivity index (χ4v) is 2.29. The number of anilines is 1. The number of benzene rings is 2. The lowest BCUT2D eigenvalue weighted by atomic mass is 10.1. The van der Waals surface area contributed by atoms with Gasteiger partial charge in [-0.1, -0.05) is 30.3 Å². The molecule has 2 N–H and O–H groups in total. The zero-order valence-electron chi connectivity index (χ0n) is 11.7. The Kier molecular flexibility index (Phi) is 3.60. The average Bonchev–Trinajstić information content (AvgIpc) is 2.53. The van der Waals surface area contributed by atoms with Crippen LogP contribution in [0.1, 0.15) is 5.56 Å². The summed E-state index contributed by atoms with van der Waals surface area (Å²) in [5, 5.41) is 4.86. The molecule has 0 saturated heterocycles. The minimum Gasteiger partial charge on any atom is -0.497 e. The summed E-state index contributed by atoms with van der Waals surface area (Å²) in [5.74, 6) is 1.53. The molecule has 4 heteroatoms. The van der Waals surface area contributed by atoms with Gasteiger partial charge in [0.15, 0.2) is 0 Å². The molecule has 0 unspecified atom stereocenters. The van der Waals surface area contributed by atoms with Crippen LogP contribution in [0.25, 0.3) is 10.8 Å². The smallest absolute Gasteiger partial charge is 0.257 e. The Morgan fingerprint density at radius 3 is 2.81 bits per heavy atom. The molecule has 0 atom stereocenters. The summed E-state index contributed by atoms with van der Waals surface area (Å²) in [7, 11) is 1.65. The molecule has 21 heavy (non-hydrogen) atoms. The van der Waals surface area contributed by atoms with E-state index in [1.807, 2.05) is 54.6 Å². The van der Waals surface area contributed by atoms with Crippen molar-refractivity contribution in [1.29, 1.82) is 0 Å². The summed E-state index contributed by atoms with van der Waals surface area (Å²) in [6.45, 7) is 0.617. The third-order valence-corrected chi connectivity index (χ3v) is 3.37. The zero-order chi connectivity index (χ0) is 14.7. The van der Waals surface area contributed by atoms with Gasteiger partial charge in [-0.05, 0) is 35.2 Å². The van der Waals surface area contributed by atoms with Gasteiger partial charge in [-0.25, -0.2) is 0 Å². The van der Waals surface area contributed by atoms with Crippen LogP contribution in [-0.2, 0) is 6.54 Å². The lowest BCUT2D eigenvalue weighted by Crippen LogP contribution is -2.10. The Morgan fingerprint density at radius 2 is 1.95 bits per heavy atom. The Bertz CT molecular complexity index is 824. The highest BCUT2D eigenvalue weighted by Gasteiger charge is 2.01. The van der Waals surface area contributed by atoms with Crippen LogP contribution in [0.3, 0.4) is 0 Å². The highest BCUT2D eigenvalue weighted by atomic mass is 16.5. The summed E-state index contributed by atoms with van der Waals surface area (Å²) >= 11 is 0. The van der Waals surface area contributed by atoms with Gasteiger partial charge in [0, 0.05) is 11.9 Å². The molecule has 0 radical (unpaired) electrons. The second-order valence-corrected chi connectivity index (χ2v) is 4.80. The van der Waals surface area contributed by atoms with Gasteiger partial charge in [0.2, 0.25) is 0 Å². The van der Waals surface area contributed by atoms with E-state index in [4.69, 9.17) is 4.74 Å². The number of fused-ring (bicyclic) bond motifs is 1. The van der Waals surface area contributed by atoms with Crippen LogP contribution >= 0.6 is 0 Å². The number of aromatic amines is 1. The number of H-pyrrole nitrogens is 1. The minimum absolute atomic E-state index is 0.0822. The lowest BCUT2D eigenvalue weighted by molar-refractivity contribution is 0.414. The maximum absolute atomic E-state index is 12.0. The standard InChI is InChI=1S/C17H16N2O2/c1-21-14-7-4-5-12(9-14)11-18-16-10-13-6-2-3-8-15(13)17(20)19-16/h2-10H,11H2,1H3,(H2,18,19,20). The molecule has 0 bridgehead atoms. The maximum atomic E-state index is 12.0. The molecule has 1 aromatic heterocycles. The SMILES string of the molecule is COc1cccc(CNc2cc3ccccc3c(=O)[nH]2)c1. The van der Waals surface area contributed by atoms with Crippen molar-refractivity contribution in [1.82, 2.24) is 4.98 Å². The highest BCUT2D eigenvalue weighted by molar-refractivity contribution is 5.83. The summed E-state index contributed by atoms with van der Waals surface area (Å²) in [4.78, 5) is 14.8. The maximum Gasteiger partial charge on any atom is 0.257 e. The van der Waals surface area contributed by atoms with E-state index in [9.17, 15) is 4.79 Å². The molecule has 4 nitrogen and oxygen atoms in total. The predicted octanol–water partition coefficient (Wildman–Crippen LogP) is 3.15. The van der Waals surface area contributed by atoms with Gasteiger partial charge >= 0.3 is 0 Å². The van der Waals surface area contributed by atoms with Crippen LogP contribution in [0.15, 0.2) is 59.4 Å². The Balaban J connectivity index is 1.83. The second kappa shape index (κ2) is 5.71. The molecule has 0 aliphatic rings. The van der Waals surface area contributed by atoms with E-state index >= 15 is 0 Å². The van der Waals surface area contributed by atoms with Crippen LogP contribution in [0.2, 0.25) is 0 Å². The minimum atomic E-state index is -0.0822. The van der Waals surface area contributed by atoms with Crippen molar-refractivity contribution >= 4 is 16.6 Å². The van der Waals surface area contributed by atoms with Crippen LogP contribution in [0, 0.1) is 0 Å². The van der Waals surface area contributed by atoms with E-state index in [2.05, 4.69) is 10.3 Å². The first-order valence-corrected chi connectivity index (χ1v) is 6.75. The summed E-state index contributed by atoms with van der Waals surface area (Å²) in [5.41, 5.74) is 1.00. The van der Waals surface area contributed by atoms with E-state index in [-0.39, 0.29) is 5.56 Å². The number of pyridine rings is 1.